The summed E-state index contributed by atoms with van der Waals surface area (Å²) in [4.78, 5) is 12.0. The van der Waals surface area contributed by atoms with Crippen molar-refractivity contribution in [1.82, 2.24) is 9.97 Å². The van der Waals surface area contributed by atoms with Crippen molar-refractivity contribution >= 4 is 50.5 Å². The van der Waals surface area contributed by atoms with E-state index in [2.05, 4.69) is 23.8 Å². The van der Waals surface area contributed by atoms with Gasteiger partial charge in [-0.15, -0.1) is 23.1 Å². The first kappa shape index (κ1) is 13.7. The summed E-state index contributed by atoms with van der Waals surface area (Å²) in [5.41, 5.74) is 6.81. The maximum atomic E-state index is 5.52. The zero-order chi connectivity index (χ0) is 13.3. The van der Waals surface area contributed by atoms with Gasteiger partial charge in [0.2, 0.25) is 0 Å². The highest BCUT2D eigenvalue weighted by Crippen LogP contribution is 2.35. The van der Waals surface area contributed by atoms with Crippen molar-refractivity contribution in [3.8, 4) is 0 Å². The summed E-state index contributed by atoms with van der Waals surface area (Å²) in [5, 5.41) is 2.24. The number of rotatable bonds is 4. The zero-order valence-electron chi connectivity index (χ0n) is 10.6. The predicted molar refractivity (Wildman–Crippen MR) is 83.8 cm³/mol. The van der Waals surface area contributed by atoms with Gasteiger partial charge in [-0.2, -0.15) is 0 Å². The molecule has 0 aliphatic carbocycles. The molecule has 2 aromatic heterocycles. The van der Waals surface area contributed by atoms with E-state index in [1.165, 1.54) is 15.8 Å². The second-order valence-corrected chi connectivity index (χ2v) is 6.92. The Morgan fingerprint density at radius 3 is 2.72 bits per heavy atom. The van der Waals surface area contributed by atoms with Gasteiger partial charge in [0.05, 0.1) is 4.99 Å². The van der Waals surface area contributed by atoms with E-state index < -0.39 is 0 Å². The van der Waals surface area contributed by atoms with Crippen LogP contribution in [-0.2, 0) is 0 Å². The van der Waals surface area contributed by atoms with E-state index in [1.54, 1.807) is 23.1 Å². The van der Waals surface area contributed by atoms with Crippen molar-refractivity contribution in [1.29, 1.82) is 0 Å². The molecular formula is C12H15N3S3. The van der Waals surface area contributed by atoms with Crippen molar-refractivity contribution in [3.63, 3.8) is 0 Å². The molecule has 0 radical (unpaired) electrons. The van der Waals surface area contributed by atoms with Crippen molar-refractivity contribution in [2.24, 2.45) is 5.73 Å². The van der Waals surface area contributed by atoms with Crippen LogP contribution >= 0.6 is 35.3 Å². The minimum Gasteiger partial charge on any atom is -0.393 e. The molecule has 0 fully saturated rings. The number of hydrogen-bond donors (Lipinski definition) is 1. The van der Waals surface area contributed by atoms with Crippen LogP contribution in [-0.4, -0.2) is 20.7 Å². The number of hydrogen-bond acceptors (Lipinski definition) is 5. The molecule has 6 heteroatoms. The van der Waals surface area contributed by atoms with Gasteiger partial charge in [0, 0.05) is 22.4 Å². The Balaban J connectivity index is 2.38. The van der Waals surface area contributed by atoms with E-state index in [-0.39, 0.29) is 0 Å². The smallest absolute Gasteiger partial charge is 0.128 e. The highest BCUT2D eigenvalue weighted by Gasteiger charge is 2.13. The molecule has 0 saturated heterocycles. The molecule has 0 amide bonds. The molecule has 0 saturated carbocycles. The number of nitrogens with zero attached hydrogens (tertiary/aromatic N) is 2. The molecule has 3 nitrogen and oxygen atoms in total. The Hall–Kier alpha value is -0.720. The van der Waals surface area contributed by atoms with Crippen LogP contribution in [0.5, 0.6) is 0 Å². The Labute approximate surface area is 120 Å². The van der Waals surface area contributed by atoms with Gasteiger partial charge in [-0.25, -0.2) is 9.97 Å². The van der Waals surface area contributed by atoms with Crippen LogP contribution < -0.4 is 5.73 Å². The van der Waals surface area contributed by atoms with E-state index in [9.17, 15) is 0 Å². The van der Waals surface area contributed by atoms with E-state index in [4.69, 9.17) is 18.0 Å². The molecule has 18 heavy (non-hydrogen) atoms. The summed E-state index contributed by atoms with van der Waals surface area (Å²) in [6, 6.07) is 0. The third kappa shape index (κ3) is 2.81. The number of thiophene rings is 1. The van der Waals surface area contributed by atoms with Crippen LogP contribution in [0.2, 0.25) is 0 Å². The Morgan fingerprint density at radius 2 is 2.06 bits per heavy atom. The van der Waals surface area contributed by atoms with E-state index in [0.29, 0.717) is 4.99 Å². The maximum absolute atomic E-state index is 5.52. The minimum absolute atomic E-state index is 0.558. The van der Waals surface area contributed by atoms with E-state index in [0.717, 1.165) is 27.9 Å². The highest BCUT2D eigenvalue weighted by atomic mass is 32.2. The molecule has 2 aromatic rings. The molecule has 0 aromatic carbocycles. The Bertz CT molecular complexity index is 604. The summed E-state index contributed by atoms with van der Waals surface area (Å²) in [5.74, 6) is 1.69. The van der Waals surface area contributed by atoms with Gasteiger partial charge < -0.3 is 5.73 Å². The topological polar surface area (TPSA) is 51.8 Å². The first-order valence-corrected chi connectivity index (χ1v) is 7.85. The average molecular weight is 297 g/mol. The lowest BCUT2D eigenvalue weighted by Gasteiger charge is -2.04. The SMILES string of the molecule is Cc1nc(SCCC(N)=S)c2c(C)c(C)sc2n1. The van der Waals surface area contributed by atoms with Crippen LogP contribution in [0.3, 0.4) is 0 Å². The molecule has 0 aliphatic rings. The van der Waals surface area contributed by atoms with Gasteiger partial charge in [0.25, 0.3) is 0 Å². The molecule has 2 heterocycles. The summed E-state index contributed by atoms with van der Waals surface area (Å²) in [7, 11) is 0. The van der Waals surface area contributed by atoms with E-state index in [1.807, 2.05) is 6.92 Å². The molecule has 2 rings (SSSR count). The summed E-state index contributed by atoms with van der Waals surface area (Å²) in [6.07, 6.45) is 0.743. The molecule has 96 valence electrons. The fraction of sp³-hybridized carbons (Fsp3) is 0.417. The first-order chi connectivity index (χ1) is 8.49. The Kier molecular flexibility index (Phi) is 4.19. The highest BCUT2D eigenvalue weighted by molar-refractivity contribution is 7.99. The largest absolute Gasteiger partial charge is 0.393 e. The van der Waals surface area contributed by atoms with E-state index >= 15 is 0 Å². The van der Waals surface area contributed by atoms with Gasteiger partial charge in [-0.3, -0.25) is 0 Å². The minimum atomic E-state index is 0.558. The van der Waals surface area contributed by atoms with Crippen LogP contribution in [0, 0.1) is 20.8 Å². The fourth-order valence-electron chi connectivity index (χ4n) is 1.67. The van der Waals surface area contributed by atoms with Gasteiger partial charge >= 0.3 is 0 Å². The molecular weight excluding hydrogens is 282 g/mol. The lowest BCUT2D eigenvalue weighted by atomic mass is 10.2. The third-order valence-corrected chi connectivity index (χ3v) is 4.98. The van der Waals surface area contributed by atoms with Gasteiger partial charge in [0.1, 0.15) is 15.7 Å². The van der Waals surface area contributed by atoms with Crippen LogP contribution in [0.25, 0.3) is 10.2 Å². The molecule has 0 atom stereocenters. The first-order valence-electron chi connectivity index (χ1n) is 5.64. The van der Waals surface area contributed by atoms with Crippen LogP contribution in [0.4, 0.5) is 0 Å². The number of fused-ring (bicyclic) bond motifs is 1. The Morgan fingerprint density at radius 1 is 1.33 bits per heavy atom. The monoisotopic (exact) mass is 297 g/mol. The fourth-order valence-corrected chi connectivity index (χ4v) is 4.14. The molecule has 0 unspecified atom stereocenters. The van der Waals surface area contributed by atoms with Gasteiger partial charge in [-0.05, 0) is 26.3 Å². The van der Waals surface area contributed by atoms with Crippen molar-refractivity contribution < 1.29 is 0 Å². The number of nitrogens with two attached hydrogens (primary N) is 1. The number of aromatic nitrogens is 2. The summed E-state index contributed by atoms with van der Waals surface area (Å²) >= 11 is 8.34. The normalized spacial score (nSPS) is 11.1. The molecule has 2 N–H and O–H groups in total. The number of thioether (sulfide) groups is 1. The van der Waals surface area contributed by atoms with Crippen molar-refractivity contribution in [3.05, 3.63) is 16.3 Å². The second kappa shape index (κ2) is 5.50. The average Bonchev–Trinajstić information content (AvgIpc) is 2.53. The van der Waals surface area contributed by atoms with Gasteiger partial charge in [0.15, 0.2) is 0 Å². The third-order valence-electron chi connectivity index (χ3n) is 2.69. The molecule has 0 aliphatic heterocycles. The predicted octanol–water partition coefficient (Wildman–Crippen LogP) is 3.38. The quantitative estimate of drug-likeness (QED) is 0.532. The zero-order valence-corrected chi connectivity index (χ0v) is 13.1. The van der Waals surface area contributed by atoms with Crippen LogP contribution in [0.15, 0.2) is 5.03 Å². The lowest BCUT2D eigenvalue weighted by Crippen LogP contribution is -2.08. The standard InChI is InChI=1S/C12H15N3S3/c1-6-7(2)18-12-10(6)11(14-8(3)15-12)17-5-4-9(13)16/h4-5H2,1-3H3,(H2,13,16). The summed E-state index contributed by atoms with van der Waals surface area (Å²) < 4.78 is 0. The van der Waals surface area contributed by atoms with Crippen molar-refractivity contribution in [2.45, 2.75) is 32.2 Å². The number of thiocarbonyl (C=S) groups is 1. The maximum Gasteiger partial charge on any atom is 0.128 e. The summed E-state index contributed by atoms with van der Waals surface area (Å²) in [6.45, 7) is 6.19. The lowest BCUT2D eigenvalue weighted by molar-refractivity contribution is 1.01. The van der Waals surface area contributed by atoms with Crippen molar-refractivity contribution in [2.75, 3.05) is 5.75 Å². The molecule has 0 bridgehead atoms. The van der Waals surface area contributed by atoms with Crippen LogP contribution in [0.1, 0.15) is 22.7 Å². The second-order valence-electron chi connectivity index (χ2n) is 4.10. The molecule has 0 spiro atoms. The number of aryl methyl sites for hydroxylation is 3. The van der Waals surface area contributed by atoms with Gasteiger partial charge in [-0.1, -0.05) is 12.2 Å².